The van der Waals surface area contributed by atoms with E-state index < -0.39 is 5.97 Å². The Bertz CT molecular complexity index is 934. The summed E-state index contributed by atoms with van der Waals surface area (Å²) in [5.74, 6) is 0.895. The molecule has 1 saturated carbocycles. The van der Waals surface area contributed by atoms with Gasteiger partial charge in [-0.15, -0.1) is 0 Å². The number of imidazole rings is 1. The van der Waals surface area contributed by atoms with E-state index in [2.05, 4.69) is 9.97 Å². The van der Waals surface area contributed by atoms with Crippen LogP contribution in [0.3, 0.4) is 0 Å². The van der Waals surface area contributed by atoms with Crippen LogP contribution in [0.1, 0.15) is 34.9 Å². The highest BCUT2D eigenvalue weighted by molar-refractivity contribution is 5.94. The summed E-state index contributed by atoms with van der Waals surface area (Å²) in [5.41, 5.74) is 2.24. The molecule has 106 valence electrons. The van der Waals surface area contributed by atoms with E-state index in [4.69, 9.17) is 4.74 Å². The Morgan fingerprint density at radius 2 is 2.19 bits per heavy atom. The predicted octanol–water partition coefficient (Wildman–Crippen LogP) is 1.84. The van der Waals surface area contributed by atoms with Gasteiger partial charge in [0, 0.05) is 5.92 Å². The van der Waals surface area contributed by atoms with E-state index in [1.54, 1.807) is 24.4 Å². The number of nitrogens with zero attached hydrogens (tertiary/aromatic N) is 2. The Kier molecular flexibility index (Phi) is 2.42. The van der Waals surface area contributed by atoms with Gasteiger partial charge >= 0.3 is 5.97 Å². The highest BCUT2D eigenvalue weighted by Crippen LogP contribution is 2.39. The average molecular weight is 283 g/mol. The van der Waals surface area contributed by atoms with Crippen LogP contribution in [0, 0.1) is 0 Å². The van der Waals surface area contributed by atoms with Crippen LogP contribution in [0.15, 0.2) is 29.2 Å². The monoisotopic (exact) mass is 283 g/mol. The van der Waals surface area contributed by atoms with Crippen molar-refractivity contribution in [1.82, 2.24) is 14.4 Å². The minimum atomic E-state index is -0.399. The Labute approximate surface area is 119 Å². The molecule has 1 fully saturated rings. The Morgan fingerprint density at radius 3 is 2.90 bits per heavy atom. The summed E-state index contributed by atoms with van der Waals surface area (Å²) in [7, 11) is 1.35. The fourth-order valence-electron chi connectivity index (χ4n) is 2.66. The number of rotatable bonds is 2. The van der Waals surface area contributed by atoms with E-state index >= 15 is 0 Å². The summed E-state index contributed by atoms with van der Waals surface area (Å²) in [6.07, 6.45) is 3.77. The molecular formula is C15H13N3O3. The zero-order chi connectivity index (χ0) is 14.6. The molecule has 0 saturated heterocycles. The number of H-pyrrole nitrogens is 1. The van der Waals surface area contributed by atoms with Crippen molar-refractivity contribution in [1.29, 1.82) is 0 Å². The molecule has 1 N–H and O–H groups in total. The first-order valence-electron chi connectivity index (χ1n) is 6.81. The zero-order valence-corrected chi connectivity index (χ0v) is 11.4. The minimum Gasteiger partial charge on any atom is -0.465 e. The number of aromatic amines is 1. The molecule has 21 heavy (non-hydrogen) atoms. The number of nitrogens with one attached hydrogen (secondary N) is 1. The van der Waals surface area contributed by atoms with Crippen LogP contribution in [0.2, 0.25) is 0 Å². The van der Waals surface area contributed by atoms with Gasteiger partial charge < -0.3 is 9.72 Å². The number of ether oxygens (including phenoxy) is 1. The van der Waals surface area contributed by atoms with E-state index in [9.17, 15) is 9.59 Å². The highest BCUT2D eigenvalue weighted by atomic mass is 16.5. The van der Waals surface area contributed by atoms with E-state index in [1.165, 1.54) is 7.11 Å². The number of carbonyl (C=O) groups is 1. The molecule has 1 aliphatic carbocycles. The second kappa shape index (κ2) is 4.18. The summed E-state index contributed by atoms with van der Waals surface area (Å²) in [5, 5.41) is 0. The van der Waals surface area contributed by atoms with Crippen LogP contribution in [-0.4, -0.2) is 27.4 Å². The van der Waals surface area contributed by atoms with Crippen molar-refractivity contribution in [2.75, 3.05) is 7.11 Å². The number of fused-ring (bicyclic) bond motifs is 3. The van der Waals surface area contributed by atoms with E-state index in [-0.39, 0.29) is 5.56 Å². The zero-order valence-electron chi connectivity index (χ0n) is 11.4. The number of aromatic nitrogens is 3. The summed E-state index contributed by atoms with van der Waals surface area (Å²) >= 11 is 0. The lowest BCUT2D eigenvalue weighted by atomic mass is 10.2. The number of benzene rings is 1. The molecule has 4 rings (SSSR count). The molecule has 0 unspecified atom stereocenters. The number of methoxy groups -OCH3 is 1. The molecule has 0 amide bonds. The number of hydrogen-bond donors (Lipinski definition) is 1. The molecule has 1 aliphatic rings. The third kappa shape index (κ3) is 1.75. The maximum Gasteiger partial charge on any atom is 0.337 e. The van der Waals surface area contributed by atoms with Gasteiger partial charge in [0.15, 0.2) is 0 Å². The molecule has 2 aromatic heterocycles. The summed E-state index contributed by atoms with van der Waals surface area (Å²) in [6.45, 7) is 0. The fraction of sp³-hybridized carbons (Fsp3) is 0.267. The lowest BCUT2D eigenvalue weighted by Crippen LogP contribution is -2.12. The molecular weight excluding hydrogens is 270 g/mol. The summed E-state index contributed by atoms with van der Waals surface area (Å²) in [6, 6.07) is 5.10. The lowest BCUT2D eigenvalue weighted by molar-refractivity contribution is 0.0601. The summed E-state index contributed by atoms with van der Waals surface area (Å²) < 4.78 is 6.62. The standard InChI is InChI=1S/C15H13N3O3/c1-21-15(20)9-4-5-10-11(6-9)18-12(14(19)17-10)7-16-13(18)8-2-3-8/h4-8H,2-3H2,1H3,(H,17,19). The highest BCUT2D eigenvalue weighted by Gasteiger charge is 2.29. The van der Waals surface area contributed by atoms with Gasteiger partial charge in [0.25, 0.3) is 5.56 Å². The van der Waals surface area contributed by atoms with E-state index in [1.807, 2.05) is 4.40 Å². The van der Waals surface area contributed by atoms with Gasteiger partial charge in [-0.05, 0) is 31.0 Å². The van der Waals surface area contributed by atoms with Crippen LogP contribution >= 0.6 is 0 Å². The van der Waals surface area contributed by atoms with Crippen molar-refractivity contribution in [3.8, 4) is 0 Å². The van der Waals surface area contributed by atoms with Crippen LogP contribution in [-0.2, 0) is 4.74 Å². The molecule has 0 bridgehead atoms. The molecule has 6 heteroatoms. The van der Waals surface area contributed by atoms with Gasteiger partial charge in [-0.2, -0.15) is 0 Å². The van der Waals surface area contributed by atoms with Crippen LogP contribution < -0.4 is 5.56 Å². The molecule has 0 radical (unpaired) electrons. The van der Waals surface area contributed by atoms with Crippen molar-refractivity contribution >= 4 is 22.5 Å². The van der Waals surface area contributed by atoms with Crippen molar-refractivity contribution in [3.05, 3.63) is 46.1 Å². The SMILES string of the molecule is COC(=O)c1ccc2[nH]c(=O)c3cnc(C4CC4)n3c2c1. The third-order valence-corrected chi connectivity index (χ3v) is 3.87. The number of carbonyl (C=O) groups excluding carboxylic acids is 1. The van der Waals surface area contributed by atoms with Crippen molar-refractivity contribution < 1.29 is 9.53 Å². The topological polar surface area (TPSA) is 76.5 Å². The number of esters is 1. The Hall–Kier alpha value is -2.63. The van der Waals surface area contributed by atoms with Gasteiger partial charge in [-0.1, -0.05) is 0 Å². The first-order chi connectivity index (χ1) is 10.2. The molecule has 0 atom stereocenters. The molecule has 0 aliphatic heterocycles. The molecule has 3 aromatic rings. The molecule has 1 aromatic carbocycles. The minimum absolute atomic E-state index is 0.173. The smallest absolute Gasteiger partial charge is 0.337 e. The van der Waals surface area contributed by atoms with Gasteiger partial charge in [-0.3, -0.25) is 9.20 Å². The second-order valence-electron chi connectivity index (χ2n) is 5.29. The first kappa shape index (κ1) is 12.1. The van der Waals surface area contributed by atoms with Crippen LogP contribution in [0.5, 0.6) is 0 Å². The van der Waals surface area contributed by atoms with E-state index in [0.29, 0.717) is 22.5 Å². The lowest BCUT2D eigenvalue weighted by Gasteiger charge is -2.07. The van der Waals surface area contributed by atoms with E-state index in [0.717, 1.165) is 24.2 Å². The van der Waals surface area contributed by atoms with Gasteiger partial charge in [0.2, 0.25) is 0 Å². The van der Waals surface area contributed by atoms with Crippen molar-refractivity contribution in [3.63, 3.8) is 0 Å². The predicted molar refractivity (Wildman–Crippen MR) is 76.6 cm³/mol. The van der Waals surface area contributed by atoms with Crippen molar-refractivity contribution in [2.45, 2.75) is 18.8 Å². The Morgan fingerprint density at radius 1 is 1.38 bits per heavy atom. The maximum atomic E-state index is 12.1. The maximum absolute atomic E-state index is 12.1. The largest absolute Gasteiger partial charge is 0.465 e. The Balaban J connectivity index is 2.11. The molecule has 6 nitrogen and oxygen atoms in total. The van der Waals surface area contributed by atoms with Gasteiger partial charge in [0.1, 0.15) is 11.3 Å². The summed E-state index contributed by atoms with van der Waals surface area (Å²) in [4.78, 5) is 31.0. The van der Waals surface area contributed by atoms with Gasteiger partial charge in [0.05, 0.1) is 29.9 Å². The number of hydrogen-bond acceptors (Lipinski definition) is 4. The second-order valence-corrected chi connectivity index (χ2v) is 5.29. The van der Waals surface area contributed by atoms with Gasteiger partial charge in [-0.25, -0.2) is 9.78 Å². The van der Waals surface area contributed by atoms with Crippen LogP contribution in [0.4, 0.5) is 0 Å². The average Bonchev–Trinajstić information content (AvgIpc) is 3.24. The molecule has 0 spiro atoms. The first-order valence-corrected chi connectivity index (χ1v) is 6.81. The molecule has 2 heterocycles. The third-order valence-electron chi connectivity index (χ3n) is 3.87. The fourth-order valence-corrected chi connectivity index (χ4v) is 2.66. The normalized spacial score (nSPS) is 14.7. The van der Waals surface area contributed by atoms with Crippen molar-refractivity contribution in [2.24, 2.45) is 0 Å². The quantitative estimate of drug-likeness (QED) is 0.728. The van der Waals surface area contributed by atoms with Crippen LogP contribution in [0.25, 0.3) is 16.6 Å².